The van der Waals surface area contributed by atoms with Crippen LogP contribution in [0.25, 0.3) is 11.0 Å². The fourth-order valence-corrected chi connectivity index (χ4v) is 2.51. The first-order valence-electron chi connectivity index (χ1n) is 6.02. The zero-order chi connectivity index (χ0) is 14.2. The van der Waals surface area contributed by atoms with E-state index in [9.17, 15) is 8.60 Å². The van der Waals surface area contributed by atoms with E-state index in [4.69, 9.17) is 11.6 Å². The Morgan fingerprint density at radius 2 is 2.16 bits per heavy atom. The van der Waals surface area contributed by atoms with Crippen LogP contribution >= 0.6 is 11.6 Å². The maximum absolute atomic E-state index is 13.8. The van der Waals surface area contributed by atoms with E-state index in [1.54, 1.807) is 25.3 Å². The van der Waals surface area contributed by atoms with E-state index in [1.807, 2.05) is 11.5 Å². The minimum Gasteiger partial charge on any atom is -0.325 e. The van der Waals surface area contributed by atoms with Gasteiger partial charge in [-0.1, -0.05) is 6.07 Å². The molecule has 0 fully saturated rings. The number of para-hydroxylation sites is 1. The van der Waals surface area contributed by atoms with Crippen molar-refractivity contribution in [2.75, 3.05) is 6.26 Å². The van der Waals surface area contributed by atoms with Crippen LogP contribution in [0.4, 0.5) is 4.39 Å². The molecule has 6 heteroatoms. The summed E-state index contributed by atoms with van der Waals surface area (Å²) in [5.74, 6) is 0.249. The molecular weight excluding hydrogens is 287 g/mol. The molecule has 0 aliphatic heterocycles. The Bertz CT molecular complexity index is 626. The summed E-state index contributed by atoms with van der Waals surface area (Å²) in [4.78, 5) is 4.28. The fourth-order valence-electron chi connectivity index (χ4n) is 1.99. The van der Waals surface area contributed by atoms with Crippen LogP contribution in [0.2, 0.25) is 0 Å². The van der Waals surface area contributed by atoms with Gasteiger partial charge < -0.3 is 4.57 Å². The normalized spacial score (nSPS) is 16.5. The van der Waals surface area contributed by atoms with Crippen LogP contribution in [0.3, 0.4) is 0 Å². The zero-order valence-corrected chi connectivity index (χ0v) is 12.6. The molecule has 19 heavy (non-hydrogen) atoms. The molecule has 3 atom stereocenters. The molecule has 0 saturated carbocycles. The number of alkyl halides is 1. The molecular formula is C13H16ClFN2OS. The molecule has 0 aliphatic carbocycles. The predicted molar refractivity (Wildman–Crippen MR) is 77.5 cm³/mol. The lowest BCUT2D eigenvalue weighted by Gasteiger charge is -2.14. The Hall–Kier alpha value is -0.940. The molecule has 0 saturated heterocycles. The first-order chi connectivity index (χ1) is 8.91. The minimum atomic E-state index is -0.950. The van der Waals surface area contributed by atoms with Crippen molar-refractivity contribution in [2.24, 2.45) is 0 Å². The molecule has 1 heterocycles. The largest absolute Gasteiger partial charge is 0.325 e. The second-order valence-electron chi connectivity index (χ2n) is 4.61. The molecule has 1 aromatic heterocycles. The Balaban J connectivity index is 2.59. The maximum atomic E-state index is 13.8. The van der Waals surface area contributed by atoms with E-state index in [0.29, 0.717) is 23.4 Å². The van der Waals surface area contributed by atoms with Crippen molar-refractivity contribution in [2.45, 2.75) is 31.0 Å². The summed E-state index contributed by atoms with van der Waals surface area (Å²) in [6.07, 6.45) is 1.66. The average Bonchev–Trinajstić information content (AvgIpc) is 2.70. The lowest BCUT2D eigenvalue weighted by atomic mass is 10.3. The number of aromatic nitrogens is 2. The lowest BCUT2D eigenvalue weighted by molar-refractivity contribution is 0.632. The summed E-state index contributed by atoms with van der Waals surface area (Å²) < 4.78 is 27.1. The van der Waals surface area contributed by atoms with Crippen molar-refractivity contribution in [3.63, 3.8) is 0 Å². The van der Waals surface area contributed by atoms with E-state index >= 15 is 0 Å². The summed E-state index contributed by atoms with van der Waals surface area (Å²) in [6, 6.07) is 4.83. The fraction of sp³-hybridized carbons (Fsp3) is 0.462. The predicted octanol–water partition coefficient (Wildman–Crippen LogP) is 3.24. The first kappa shape index (κ1) is 14.5. The molecule has 1 aromatic carbocycles. The number of hydrogen-bond donors (Lipinski definition) is 0. The highest BCUT2D eigenvalue weighted by Gasteiger charge is 2.19. The van der Waals surface area contributed by atoms with Crippen LogP contribution in [-0.4, -0.2) is 25.3 Å². The number of hydrogen-bond acceptors (Lipinski definition) is 2. The monoisotopic (exact) mass is 302 g/mol. The van der Waals surface area contributed by atoms with Crippen LogP contribution < -0.4 is 0 Å². The van der Waals surface area contributed by atoms with Crippen LogP contribution in [0.5, 0.6) is 0 Å². The van der Waals surface area contributed by atoms with E-state index in [0.717, 1.165) is 0 Å². The number of fused-ring (bicyclic) bond motifs is 1. The Morgan fingerprint density at radius 3 is 2.74 bits per heavy atom. The van der Waals surface area contributed by atoms with Gasteiger partial charge in [0.25, 0.3) is 0 Å². The number of imidazole rings is 1. The average molecular weight is 303 g/mol. The van der Waals surface area contributed by atoms with Crippen LogP contribution in [0, 0.1) is 5.82 Å². The molecule has 0 N–H and O–H groups in total. The topological polar surface area (TPSA) is 34.9 Å². The van der Waals surface area contributed by atoms with Gasteiger partial charge in [-0.3, -0.25) is 4.21 Å². The van der Waals surface area contributed by atoms with E-state index in [2.05, 4.69) is 4.98 Å². The van der Waals surface area contributed by atoms with Gasteiger partial charge >= 0.3 is 0 Å². The van der Waals surface area contributed by atoms with Crippen LogP contribution in [0.15, 0.2) is 18.2 Å². The number of rotatable bonds is 4. The second-order valence-corrected chi connectivity index (χ2v) is 7.07. The summed E-state index contributed by atoms with van der Waals surface area (Å²) in [5, 5.41) is -0.376. The quantitative estimate of drug-likeness (QED) is 0.813. The lowest BCUT2D eigenvalue weighted by Crippen LogP contribution is -2.19. The van der Waals surface area contributed by atoms with Crippen LogP contribution in [0.1, 0.15) is 25.0 Å². The van der Waals surface area contributed by atoms with E-state index in [1.165, 1.54) is 6.07 Å². The summed E-state index contributed by atoms with van der Waals surface area (Å²) in [7, 11) is -0.950. The highest BCUT2D eigenvalue weighted by Crippen LogP contribution is 2.26. The SMILES string of the molecule is CC(Cl)c1nc2c(F)cccc2n1CC(C)S(C)=O. The molecule has 0 bridgehead atoms. The van der Waals surface area contributed by atoms with Gasteiger partial charge in [-0.2, -0.15) is 0 Å². The van der Waals surface area contributed by atoms with Gasteiger partial charge in [0.05, 0.1) is 10.9 Å². The molecule has 3 unspecified atom stereocenters. The standard InChI is InChI=1S/C13H16ClFN2OS/c1-8(19(3)18)7-17-11-6-4-5-10(15)12(11)16-13(17)9(2)14/h4-6,8-9H,7H2,1-3H3. The molecule has 104 valence electrons. The third-order valence-electron chi connectivity index (χ3n) is 3.12. The van der Waals surface area contributed by atoms with E-state index < -0.39 is 10.8 Å². The molecule has 0 spiro atoms. The van der Waals surface area contributed by atoms with Gasteiger partial charge in [-0.05, 0) is 26.0 Å². The molecule has 3 nitrogen and oxygen atoms in total. The molecule has 2 rings (SSSR count). The van der Waals surface area contributed by atoms with Gasteiger partial charge in [0, 0.05) is 28.9 Å². The van der Waals surface area contributed by atoms with Gasteiger partial charge in [0.2, 0.25) is 0 Å². The third kappa shape index (κ3) is 2.82. The minimum absolute atomic E-state index is 0.0464. The zero-order valence-electron chi connectivity index (χ0n) is 11.1. The maximum Gasteiger partial charge on any atom is 0.151 e. The molecule has 2 aromatic rings. The highest BCUT2D eigenvalue weighted by atomic mass is 35.5. The van der Waals surface area contributed by atoms with Crippen molar-refractivity contribution in [3.05, 3.63) is 29.8 Å². The Morgan fingerprint density at radius 1 is 1.47 bits per heavy atom. The molecule has 0 radical (unpaired) electrons. The number of halogens is 2. The Kier molecular flexibility index (Phi) is 4.26. The van der Waals surface area contributed by atoms with Gasteiger partial charge in [-0.25, -0.2) is 9.37 Å². The third-order valence-corrected chi connectivity index (χ3v) is 4.60. The van der Waals surface area contributed by atoms with Gasteiger partial charge in [0.1, 0.15) is 11.3 Å². The van der Waals surface area contributed by atoms with Crippen molar-refractivity contribution in [3.8, 4) is 0 Å². The van der Waals surface area contributed by atoms with Crippen molar-refractivity contribution >= 4 is 33.4 Å². The van der Waals surface area contributed by atoms with E-state index in [-0.39, 0.29) is 16.4 Å². The first-order valence-corrected chi connectivity index (χ1v) is 8.08. The number of benzene rings is 1. The summed E-state index contributed by atoms with van der Waals surface area (Å²) in [5.41, 5.74) is 1.01. The van der Waals surface area contributed by atoms with Gasteiger partial charge in [-0.15, -0.1) is 11.6 Å². The summed E-state index contributed by atoms with van der Waals surface area (Å²) in [6.45, 7) is 4.20. The Labute approximate surface area is 119 Å². The van der Waals surface area contributed by atoms with Gasteiger partial charge in [0.15, 0.2) is 5.82 Å². The molecule has 0 amide bonds. The smallest absolute Gasteiger partial charge is 0.151 e. The van der Waals surface area contributed by atoms with Crippen molar-refractivity contribution in [1.29, 1.82) is 0 Å². The highest BCUT2D eigenvalue weighted by molar-refractivity contribution is 7.84. The van der Waals surface area contributed by atoms with Crippen molar-refractivity contribution in [1.82, 2.24) is 9.55 Å². The summed E-state index contributed by atoms with van der Waals surface area (Å²) >= 11 is 6.11. The van der Waals surface area contributed by atoms with Crippen LogP contribution in [-0.2, 0) is 17.3 Å². The second kappa shape index (κ2) is 5.59. The van der Waals surface area contributed by atoms with Crippen molar-refractivity contribution < 1.29 is 8.60 Å². The molecule has 0 aliphatic rings. The number of nitrogens with zero attached hydrogens (tertiary/aromatic N) is 2.